The number of carbonyl (C=O) groups excluding carboxylic acids is 1. The van der Waals surface area contributed by atoms with E-state index in [0.717, 1.165) is 0 Å². The third kappa shape index (κ3) is 5.46. The first-order valence-corrected chi connectivity index (χ1v) is 2.93. The molecule has 0 aromatic heterocycles. The predicted molar refractivity (Wildman–Crippen MR) is 35.1 cm³/mol. The average molecular weight is 131 g/mol. The molecule has 1 unspecified atom stereocenters. The number of Topliss-reactive ketones (excluding diaryl/α,β-unsaturated/α-hetero) is 1. The van der Waals surface area contributed by atoms with Gasteiger partial charge in [0.1, 0.15) is 6.61 Å². The zero-order chi connectivity index (χ0) is 7.28. The van der Waals surface area contributed by atoms with Gasteiger partial charge in [0.2, 0.25) is 0 Å². The van der Waals surface area contributed by atoms with Crippen molar-refractivity contribution < 1.29 is 9.53 Å². The third-order valence-electron chi connectivity index (χ3n) is 0.855. The van der Waals surface area contributed by atoms with Crippen molar-refractivity contribution in [3.8, 4) is 0 Å². The normalized spacial score (nSPS) is 13.2. The van der Waals surface area contributed by atoms with E-state index in [0.29, 0.717) is 6.42 Å². The van der Waals surface area contributed by atoms with Crippen LogP contribution in [0.25, 0.3) is 0 Å². The van der Waals surface area contributed by atoms with E-state index in [1.807, 2.05) is 0 Å². The first-order chi connectivity index (χ1) is 4.16. The van der Waals surface area contributed by atoms with Crippen LogP contribution < -0.4 is 5.73 Å². The molecule has 0 fully saturated rings. The van der Waals surface area contributed by atoms with Crippen LogP contribution in [0.4, 0.5) is 0 Å². The van der Waals surface area contributed by atoms with Gasteiger partial charge in [0.05, 0.1) is 0 Å². The molecule has 0 aliphatic carbocycles. The maximum Gasteiger partial charge on any atom is 0.159 e. The van der Waals surface area contributed by atoms with Crippen molar-refractivity contribution in [3.63, 3.8) is 0 Å². The minimum Gasteiger partial charge on any atom is -0.377 e. The van der Waals surface area contributed by atoms with Gasteiger partial charge in [-0.3, -0.25) is 4.79 Å². The Morgan fingerprint density at radius 3 is 2.67 bits per heavy atom. The molecule has 0 radical (unpaired) electrons. The van der Waals surface area contributed by atoms with Crippen LogP contribution in [-0.2, 0) is 9.53 Å². The van der Waals surface area contributed by atoms with Crippen LogP contribution in [0, 0.1) is 0 Å². The van der Waals surface area contributed by atoms with Crippen LogP contribution in [-0.4, -0.2) is 25.5 Å². The lowest BCUT2D eigenvalue weighted by Gasteiger charge is -2.01. The van der Waals surface area contributed by atoms with Crippen LogP contribution >= 0.6 is 0 Å². The standard InChI is InChI=1S/C6H13NO2/c1-5(7)3-6(8)4-9-2/h5H,3-4,7H2,1-2H3. The highest BCUT2D eigenvalue weighted by atomic mass is 16.5. The molecule has 0 rings (SSSR count). The number of carbonyl (C=O) groups is 1. The number of ether oxygens (including phenoxy) is 1. The predicted octanol–water partition coefficient (Wildman–Crippen LogP) is -0.0608. The summed E-state index contributed by atoms with van der Waals surface area (Å²) in [5.41, 5.74) is 5.35. The summed E-state index contributed by atoms with van der Waals surface area (Å²) in [5, 5.41) is 0. The molecule has 0 aromatic rings. The largest absolute Gasteiger partial charge is 0.377 e. The van der Waals surface area contributed by atoms with Crippen molar-refractivity contribution in [1.29, 1.82) is 0 Å². The number of ketones is 1. The molecule has 0 heterocycles. The van der Waals surface area contributed by atoms with Crippen LogP contribution in [0.3, 0.4) is 0 Å². The van der Waals surface area contributed by atoms with Gasteiger partial charge in [0.25, 0.3) is 0 Å². The lowest BCUT2D eigenvalue weighted by molar-refractivity contribution is -0.122. The van der Waals surface area contributed by atoms with Gasteiger partial charge in [0, 0.05) is 19.6 Å². The highest BCUT2D eigenvalue weighted by molar-refractivity contribution is 5.80. The molecule has 0 saturated carbocycles. The summed E-state index contributed by atoms with van der Waals surface area (Å²) in [6.45, 7) is 1.98. The Labute approximate surface area is 55.2 Å². The van der Waals surface area contributed by atoms with E-state index in [-0.39, 0.29) is 18.4 Å². The molecule has 0 aliphatic heterocycles. The van der Waals surface area contributed by atoms with Gasteiger partial charge in [-0.2, -0.15) is 0 Å². The molecule has 3 heteroatoms. The highest BCUT2D eigenvalue weighted by Crippen LogP contribution is 1.87. The fraction of sp³-hybridized carbons (Fsp3) is 0.833. The molecule has 0 aliphatic rings. The Morgan fingerprint density at radius 2 is 2.33 bits per heavy atom. The average Bonchev–Trinajstić information content (AvgIpc) is 1.63. The van der Waals surface area contributed by atoms with Crippen molar-refractivity contribution in [2.24, 2.45) is 5.73 Å². The summed E-state index contributed by atoms with van der Waals surface area (Å²) in [6.07, 6.45) is 0.411. The zero-order valence-corrected chi connectivity index (χ0v) is 5.89. The van der Waals surface area contributed by atoms with Gasteiger partial charge in [-0.1, -0.05) is 0 Å². The monoisotopic (exact) mass is 131 g/mol. The molecule has 3 nitrogen and oxygen atoms in total. The van der Waals surface area contributed by atoms with Gasteiger partial charge in [-0.25, -0.2) is 0 Å². The van der Waals surface area contributed by atoms with E-state index in [1.54, 1.807) is 6.92 Å². The third-order valence-corrected chi connectivity index (χ3v) is 0.855. The Hall–Kier alpha value is -0.410. The molecule has 0 saturated heterocycles. The second kappa shape index (κ2) is 4.47. The summed E-state index contributed by atoms with van der Waals surface area (Å²) in [4.78, 5) is 10.6. The molecule has 0 amide bonds. The number of hydrogen-bond acceptors (Lipinski definition) is 3. The summed E-state index contributed by atoms with van der Waals surface area (Å²) in [7, 11) is 1.50. The van der Waals surface area contributed by atoms with E-state index >= 15 is 0 Å². The smallest absolute Gasteiger partial charge is 0.159 e. The van der Waals surface area contributed by atoms with E-state index in [2.05, 4.69) is 4.74 Å². The van der Waals surface area contributed by atoms with Crippen LogP contribution in [0.1, 0.15) is 13.3 Å². The number of nitrogens with two attached hydrogens (primary N) is 1. The van der Waals surface area contributed by atoms with Gasteiger partial charge in [-0.15, -0.1) is 0 Å². The van der Waals surface area contributed by atoms with Crippen molar-refractivity contribution in [1.82, 2.24) is 0 Å². The summed E-state index contributed by atoms with van der Waals surface area (Å²) in [6, 6.07) is -0.0485. The van der Waals surface area contributed by atoms with Crippen LogP contribution in [0.2, 0.25) is 0 Å². The first-order valence-electron chi connectivity index (χ1n) is 2.93. The molecule has 1 atom stereocenters. The quantitative estimate of drug-likeness (QED) is 0.581. The first kappa shape index (κ1) is 8.59. The van der Waals surface area contributed by atoms with Gasteiger partial charge < -0.3 is 10.5 Å². The van der Waals surface area contributed by atoms with E-state index in [9.17, 15) is 4.79 Å². The fourth-order valence-electron chi connectivity index (χ4n) is 0.579. The molecular formula is C6H13NO2. The highest BCUT2D eigenvalue weighted by Gasteiger charge is 2.02. The topological polar surface area (TPSA) is 52.3 Å². The van der Waals surface area contributed by atoms with E-state index < -0.39 is 0 Å². The number of methoxy groups -OCH3 is 1. The van der Waals surface area contributed by atoms with E-state index in [1.165, 1.54) is 7.11 Å². The zero-order valence-electron chi connectivity index (χ0n) is 5.89. The Bertz CT molecular complexity index is 91.1. The fourth-order valence-corrected chi connectivity index (χ4v) is 0.579. The SMILES string of the molecule is COCC(=O)CC(C)N. The Kier molecular flexibility index (Phi) is 4.26. The van der Waals surface area contributed by atoms with Gasteiger partial charge >= 0.3 is 0 Å². The lowest BCUT2D eigenvalue weighted by Crippen LogP contribution is -2.21. The second-order valence-corrected chi connectivity index (χ2v) is 2.15. The number of rotatable bonds is 4. The van der Waals surface area contributed by atoms with Gasteiger partial charge in [0.15, 0.2) is 5.78 Å². The second-order valence-electron chi connectivity index (χ2n) is 2.15. The lowest BCUT2D eigenvalue weighted by atomic mass is 10.2. The van der Waals surface area contributed by atoms with Crippen molar-refractivity contribution in [2.45, 2.75) is 19.4 Å². The van der Waals surface area contributed by atoms with Crippen molar-refractivity contribution >= 4 is 5.78 Å². The van der Waals surface area contributed by atoms with Crippen molar-refractivity contribution in [3.05, 3.63) is 0 Å². The van der Waals surface area contributed by atoms with Crippen molar-refractivity contribution in [2.75, 3.05) is 13.7 Å². The molecule has 9 heavy (non-hydrogen) atoms. The summed E-state index contributed by atoms with van der Waals surface area (Å²) in [5.74, 6) is 0.0625. The Morgan fingerprint density at radius 1 is 1.78 bits per heavy atom. The summed E-state index contributed by atoms with van der Waals surface area (Å²) >= 11 is 0. The minimum atomic E-state index is -0.0485. The maximum absolute atomic E-state index is 10.6. The maximum atomic E-state index is 10.6. The molecular weight excluding hydrogens is 118 g/mol. The minimum absolute atomic E-state index is 0.0485. The molecule has 0 aromatic carbocycles. The van der Waals surface area contributed by atoms with Crippen LogP contribution in [0.5, 0.6) is 0 Å². The Balaban J connectivity index is 3.27. The molecule has 54 valence electrons. The van der Waals surface area contributed by atoms with E-state index in [4.69, 9.17) is 5.73 Å². The number of hydrogen-bond donors (Lipinski definition) is 1. The molecule has 0 bridgehead atoms. The van der Waals surface area contributed by atoms with Gasteiger partial charge in [-0.05, 0) is 6.92 Å². The van der Waals surface area contributed by atoms with Crippen LogP contribution in [0.15, 0.2) is 0 Å². The molecule has 2 N–H and O–H groups in total. The molecule has 0 spiro atoms. The summed E-state index contributed by atoms with van der Waals surface area (Å²) < 4.78 is 4.60.